The van der Waals surface area contributed by atoms with Crippen molar-refractivity contribution in [1.29, 1.82) is 0 Å². The number of carbonyl (C=O) groups is 1. The first-order chi connectivity index (χ1) is 13.8. The average Bonchev–Trinajstić information content (AvgIpc) is 3.32. The predicted octanol–water partition coefficient (Wildman–Crippen LogP) is 1.56. The monoisotopic (exact) mass is 402 g/mol. The van der Waals surface area contributed by atoms with Crippen LogP contribution in [0.2, 0.25) is 0 Å². The largest absolute Gasteiger partial charge is 0.487 e. The van der Waals surface area contributed by atoms with E-state index in [1.165, 1.54) is 6.20 Å². The maximum Gasteiger partial charge on any atom is 0.341 e. The number of halogens is 1. The molecule has 0 bridgehead atoms. The molecule has 2 aromatic rings. The molecule has 1 aromatic carbocycles. The van der Waals surface area contributed by atoms with E-state index in [-0.39, 0.29) is 40.6 Å². The van der Waals surface area contributed by atoms with Crippen LogP contribution >= 0.6 is 0 Å². The van der Waals surface area contributed by atoms with Crippen molar-refractivity contribution in [3.8, 4) is 5.75 Å². The molecule has 2 unspecified atom stereocenters. The van der Waals surface area contributed by atoms with Crippen LogP contribution in [0, 0.1) is 11.2 Å². The van der Waals surface area contributed by atoms with E-state index in [9.17, 15) is 14.7 Å². The number of benzene rings is 1. The van der Waals surface area contributed by atoms with Crippen LogP contribution < -0.4 is 26.1 Å². The van der Waals surface area contributed by atoms with Gasteiger partial charge in [0.05, 0.1) is 22.6 Å². The molecule has 2 fully saturated rings. The molecular weight excluding hydrogens is 379 g/mol. The van der Waals surface area contributed by atoms with E-state index in [2.05, 4.69) is 5.32 Å². The van der Waals surface area contributed by atoms with Crippen LogP contribution in [0.15, 0.2) is 11.0 Å². The highest BCUT2D eigenvalue weighted by molar-refractivity contribution is 6.03. The molecule has 4 heterocycles. The minimum atomic E-state index is -1.36. The van der Waals surface area contributed by atoms with Gasteiger partial charge in [0.1, 0.15) is 17.9 Å². The van der Waals surface area contributed by atoms with Crippen molar-refractivity contribution in [2.75, 3.05) is 43.4 Å². The molecule has 154 valence electrons. The van der Waals surface area contributed by atoms with Gasteiger partial charge in [0.25, 0.3) is 0 Å². The molecule has 5 rings (SSSR count). The van der Waals surface area contributed by atoms with Crippen molar-refractivity contribution in [1.82, 2.24) is 9.88 Å². The normalized spacial score (nSPS) is 25.7. The third-order valence-corrected chi connectivity index (χ3v) is 6.64. The second kappa shape index (κ2) is 6.09. The van der Waals surface area contributed by atoms with Crippen molar-refractivity contribution in [2.45, 2.75) is 25.8 Å². The Morgan fingerprint density at radius 1 is 1.45 bits per heavy atom. The van der Waals surface area contributed by atoms with Crippen molar-refractivity contribution < 1.29 is 19.0 Å². The number of nitrogens with two attached hydrogens (primary N) is 1. The zero-order chi connectivity index (χ0) is 20.5. The molecule has 3 aliphatic heterocycles. The quantitative estimate of drug-likeness (QED) is 0.654. The number of aromatic nitrogens is 1. The second-order valence-electron chi connectivity index (χ2n) is 8.47. The van der Waals surface area contributed by atoms with Crippen LogP contribution in [0.5, 0.6) is 5.75 Å². The minimum absolute atomic E-state index is 0.109. The molecule has 0 saturated carbocycles. The number of nitrogen functional groups attached to an aromatic ring is 1. The molecule has 29 heavy (non-hydrogen) atoms. The lowest BCUT2D eigenvalue weighted by molar-refractivity contribution is 0.0694. The number of carboxylic acids is 1. The average molecular weight is 402 g/mol. The summed E-state index contributed by atoms with van der Waals surface area (Å²) in [6.07, 6.45) is 3.29. The third kappa shape index (κ3) is 2.46. The van der Waals surface area contributed by atoms with E-state index in [0.29, 0.717) is 18.6 Å². The lowest BCUT2D eigenvalue weighted by Crippen LogP contribution is -2.32. The van der Waals surface area contributed by atoms with Gasteiger partial charge in [-0.1, -0.05) is 0 Å². The second-order valence-corrected chi connectivity index (χ2v) is 8.47. The Labute approximate surface area is 166 Å². The summed E-state index contributed by atoms with van der Waals surface area (Å²) in [6.45, 7) is 5.31. The van der Waals surface area contributed by atoms with E-state index in [1.807, 2.05) is 11.8 Å². The van der Waals surface area contributed by atoms with Gasteiger partial charge < -0.3 is 30.4 Å². The number of hydrogen-bond acceptors (Lipinski definition) is 6. The van der Waals surface area contributed by atoms with E-state index >= 15 is 4.39 Å². The summed E-state index contributed by atoms with van der Waals surface area (Å²) in [5.74, 6) is -1.79. The van der Waals surface area contributed by atoms with E-state index < -0.39 is 22.8 Å². The molecular formula is C20H23FN4O4. The topological polar surface area (TPSA) is 110 Å². The van der Waals surface area contributed by atoms with Crippen LogP contribution in [-0.2, 0) is 0 Å². The maximum absolute atomic E-state index is 15.5. The first-order valence-corrected chi connectivity index (χ1v) is 9.84. The molecule has 3 aliphatic rings. The summed E-state index contributed by atoms with van der Waals surface area (Å²) in [6, 6.07) is -0.217. The zero-order valence-corrected chi connectivity index (χ0v) is 16.1. The number of carboxylic acid groups (broad SMARTS) is 1. The molecule has 0 amide bonds. The van der Waals surface area contributed by atoms with Gasteiger partial charge in [-0.3, -0.25) is 4.79 Å². The smallest absolute Gasteiger partial charge is 0.341 e. The van der Waals surface area contributed by atoms with Gasteiger partial charge in [-0.15, -0.1) is 0 Å². The summed E-state index contributed by atoms with van der Waals surface area (Å²) in [7, 11) is 0. The fourth-order valence-corrected chi connectivity index (χ4v) is 5.04. The highest BCUT2D eigenvalue weighted by Gasteiger charge is 2.43. The van der Waals surface area contributed by atoms with Crippen molar-refractivity contribution >= 4 is 28.2 Å². The highest BCUT2D eigenvalue weighted by atomic mass is 19.1. The van der Waals surface area contributed by atoms with E-state index in [1.54, 1.807) is 4.57 Å². The molecule has 0 radical (unpaired) electrons. The first-order valence-electron chi connectivity index (χ1n) is 9.84. The number of hydrogen-bond donors (Lipinski definition) is 3. The number of nitrogens with one attached hydrogen (secondary N) is 1. The summed E-state index contributed by atoms with van der Waals surface area (Å²) in [5, 5.41) is 12.7. The molecule has 2 atom stereocenters. The highest BCUT2D eigenvalue weighted by Crippen LogP contribution is 2.48. The van der Waals surface area contributed by atoms with Gasteiger partial charge >= 0.3 is 5.97 Å². The Morgan fingerprint density at radius 3 is 2.93 bits per heavy atom. The Hall–Kier alpha value is -2.81. The van der Waals surface area contributed by atoms with Crippen LogP contribution in [0.1, 0.15) is 36.2 Å². The van der Waals surface area contributed by atoms with Gasteiger partial charge in [0.15, 0.2) is 11.6 Å². The van der Waals surface area contributed by atoms with Crippen LogP contribution in [0.25, 0.3) is 10.9 Å². The summed E-state index contributed by atoms with van der Waals surface area (Å²) >= 11 is 0. The molecule has 8 nitrogen and oxygen atoms in total. The number of pyridine rings is 1. The molecule has 0 aliphatic carbocycles. The Bertz CT molecular complexity index is 1110. The van der Waals surface area contributed by atoms with Crippen molar-refractivity contribution in [3.63, 3.8) is 0 Å². The minimum Gasteiger partial charge on any atom is -0.487 e. The van der Waals surface area contributed by atoms with Gasteiger partial charge in [-0.25, -0.2) is 9.18 Å². The van der Waals surface area contributed by atoms with Gasteiger partial charge in [0, 0.05) is 31.2 Å². The van der Waals surface area contributed by atoms with Crippen LogP contribution in [0.4, 0.5) is 15.8 Å². The van der Waals surface area contributed by atoms with Crippen molar-refractivity contribution in [2.24, 2.45) is 5.41 Å². The summed E-state index contributed by atoms with van der Waals surface area (Å²) in [5.41, 5.74) is 5.32. The standard InChI is InChI=1S/C20H23FN4O4/c1-10-7-29-18-15-12(17(26)11(19(27)28)6-25(10)15)14(22)13(21)16(18)24-5-3-20(9-24)2-4-23-8-20/h6,10,23H,2-5,7-9,22H2,1H3,(H,27,28). The zero-order valence-electron chi connectivity index (χ0n) is 16.1. The third-order valence-electron chi connectivity index (χ3n) is 6.64. The number of ether oxygens (including phenoxy) is 1. The van der Waals surface area contributed by atoms with Crippen LogP contribution in [0.3, 0.4) is 0 Å². The van der Waals surface area contributed by atoms with E-state index in [4.69, 9.17) is 10.5 Å². The first kappa shape index (κ1) is 18.2. The summed E-state index contributed by atoms with van der Waals surface area (Å²) < 4.78 is 23.1. The number of nitrogens with zero attached hydrogens (tertiary/aromatic N) is 2. The molecule has 1 spiro atoms. The fourth-order valence-electron chi connectivity index (χ4n) is 5.04. The molecule has 1 aromatic heterocycles. The SMILES string of the molecule is CC1COc2c(N3CCC4(CCNC4)C3)c(F)c(N)c3c(=O)c(C(=O)O)cn1c23. The van der Waals surface area contributed by atoms with Gasteiger partial charge in [0.2, 0.25) is 5.43 Å². The number of anilines is 2. The lowest BCUT2D eigenvalue weighted by atomic mass is 9.86. The van der Waals surface area contributed by atoms with Gasteiger partial charge in [-0.2, -0.15) is 0 Å². The van der Waals surface area contributed by atoms with Gasteiger partial charge in [-0.05, 0) is 26.3 Å². The Kier molecular flexibility index (Phi) is 3.83. The molecule has 4 N–H and O–H groups in total. The fraction of sp³-hybridized carbons (Fsp3) is 0.500. The molecule has 2 saturated heterocycles. The van der Waals surface area contributed by atoms with Crippen molar-refractivity contribution in [3.05, 3.63) is 27.8 Å². The lowest BCUT2D eigenvalue weighted by Gasteiger charge is -2.32. The summed E-state index contributed by atoms with van der Waals surface area (Å²) in [4.78, 5) is 26.3. The maximum atomic E-state index is 15.5. The molecule has 9 heteroatoms. The van der Waals surface area contributed by atoms with E-state index in [0.717, 1.165) is 25.9 Å². The Balaban J connectivity index is 1.78. The number of aromatic carboxylic acids is 1. The Morgan fingerprint density at radius 2 is 2.24 bits per heavy atom. The predicted molar refractivity (Wildman–Crippen MR) is 106 cm³/mol. The number of rotatable bonds is 2. The van der Waals surface area contributed by atoms with Crippen LogP contribution in [-0.4, -0.2) is 48.4 Å².